The number of aryl methyl sites for hydroxylation is 1. The first kappa shape index (κ1) is 15.1. The molecule has 25 heavy (non-hydrogen) atoms. The predicted octanol–water partition coefficient (Wildman–Crippen LogP) is 2.64. The summed E-state index contributed by atoms with van der Waals surface area (Å²) in [5.41, 5.74) is 7.72. The standard InChI is InChI=1S/C19H16N4O2/c24-14-6-3-4-12(10-14)11-20-23-19(25)18-16-9-8-13-5-1-2-7-15(13)17(16)21-22-18/h1-7,10-11,24H,8-9H2,(H,21,22)(H,23,25)/b20-11+. The van der Waals surface area contributed by atoms with Gasteiger partial charge in [-0.15, -0.1) is 0 Å². The minimum Gasteiger partial charge on any atom is -0.508 e. The van der Waals surface area contributed by atoms with Crippen LogP contribution >= 0.6 is 0 Å². The normalized spacial score (nSPS) is 12.6. The highest BCUT2D eigenvalue weighted by Gasteiger charge is 2.24. The van der Waals surface area contributed by atoms with Crippen molar-refractivity contribution in [1.82, 2.24) is 15.6 Å². The number of aromatic amines is 1. The molecule has 2 aromatic carbocycles. The molecule has 6 heteroatoms. The summed E-state index contributed by atoms with van der Waals surface area (Å²) < 4.78 is 0. The Morgan fingerprint density at radius 3 is 2.96 bits per heavy atom. The third-order valence-corrected chi connectivity index (χ3v) is 4.26. The number of hydrogen-bond acceptors (Lipinski definition) is 4. The lowest BCUT2D eigenvalue weighted by atomic mass is 9.89. The number of hydrogen-bond donors (Lipinski definition) is 3. The van der Waals surface area contributed by atoms with Gasteiger partial charge in [-0.25, -0.2) is 5.43 Å². The number of nitrogens with zero attached hydrogens (tertiary/aromatic N) is 2. The maximum Gasteiger partial charge on any atom is 0.289 e. The van der Waals surface area contributed by atoms with Crippen LogP contribution in [0.25, 0.3) is 11.3 Å². The molecule has 4 rings (SSSR count). The van der Waals surface area contributed by atoms with Crippen molar-refractivity contribution in [3.05, 3.63) is 70.9 Å². The molecule has 0 fully saturated rings. The van der Waals surface area contributed by atoms with Crippen molar-refractivity contribution in [3.8, 4) is 17.0 Å². The maximum absolute atomic E-state index is 12.4. The Morgan fingerprint density at radius 2 is 2.08 bits per heavy atom. The van der Waals surface area contributed by atoms with E-state index in [1.54, 1.807) is 24.3 Å². The summed E-state index contributed by atoms with van der Waals surface area (Å²) in [6.45, 7) is 0. The minimum absolute atomic E-state index is 0.150. The van der Waals surface area contributed by atoms with Gasteiger partial charge in [0.1, 0.15) is 11.4 Å². The van der Waals surface area contributed by atoms with E-state index < -0.39 is 0 Å². The zero-order valence-electron chi connectivity index (χ0n) is 13.4. The fourth-order valence-corrected chi connectivity index (χ4v) is 3.07. The fraction of sp³-hybridized carbons (Fsp3) is 0.105. The van der Waals surface area contributed by atoms with E-state index in [4.69, 9.17) is 0 Å². The van der Waals surface area contributed by atoms with Gasteiger partial charge >= 0.3 is 0 Å². The third-order valence-electron chi connectivity index (χ3n) is 4.26. The molecule has 0 spiro atoms. The largest absolute Gasteiger partial charge is 0.508 e. The van der Waals surface area contributed by atoms with Gasteiger partial charge in [-0.1, -0.05) is 36.4 Å². The quantitative estimate of drug-likeness (QED) is 0.509. The molecule has 0 unspecified atom stereocenters. The summed E-state index contributed by atoms with van der Waals surface area (Å²) >= 11 is 0. The molecule has 0 radical (unpaired) electrons. The van der Waals surface area contributed by atoms with Gasteiger partial charge in [0.15, 0.2) is 0 Å². The summed E-state index contributed by atoms with van der Waals surface area (Å²) in [6, 6.07) is 14.7. The number of carbonyl (C=O) groups excluding carboxylic acids is 1. The van der Waals surface area contributed by atoms with E-state index in [1.807, 2.05) is 18.2 Å². The van der Waals surface area contributed by atoms with Crippen molar-refractivity contribution in [2.24, 2.45) is 5.10 Å². The van der Waals surface area contributed by atoms with E-state index in [1.165, 1.54) is 11.8 Å². The fourth-order valence-electron chi connectivity index (χ4n) is 3.07. The Labute approximate surface area is 144 Å². The molecule has 0 saturated carbocycles. The Balaban J connectivity index is 1.54. The molecule has 1 aromatic heterocycles. The molecule has 0 aliphatic heterocycles. The van der Waals surface area contributed by atoms with E-state index in [2.05, 4.69) is 26.8 Å². The van der Waals surface area contributed by atoms with Crippen LogP contribution in [0, 0.1) is 0 Å². The SMILES string of the molecule is O=C(N/N=C/c1cccc(O)c1)c1[nH]nc2c1CCc1ccccc1-2. The Hall–Kier alpha value is -3.41. The maximum atomic E-state index is 12.4. The number of phenolic OH excluding ortho intramolecular Hbond substituents is 1. The number of benzene rings is 2. The van der Waals surface area contributed by atoms with Gasteiger partial charge in [0.25, 0.3) is 5.91 Å². The number of aromatic hydroxyl groups is 1. The van der Waals surface area contributed by atoms with Crippen LogP contribution in [0.5, 0.6) is 5.75 Å². The number of phenols is 1. The molecular formula is C19H16N4O2. The van der Waals surface area contributed by atoms with Crippen LogP contribution in [-0.2, 0) is 12.8 Å². The Morgan fingerprint density at radius 1 is 1.20 bits per heavy atom. The lowest BCUT2D eigenvalue weighted by molar-refractivity contribution is 0.0949. The van der Waals surface area contributed by atoms with Crippen molar-refractivity contribution in [2.45, 2.75) is 12.8 Å². The molecule has 0 bridgehead atoms. The van der Waals surface area contributed by atoms with Crippen LogP contribution in [-0.4, -0.2) is 27.4 Å². The Bertz CT molecular complexity index is 975. The second-order valence-corrected chi connectivity index (χ2v) is 5.88. The van der Waals surface area contributed by atoms with Crippen molar-refractivity contribution < 1.29 is 9.90 Å². The van der Waals surface area contributed by atoms with E-state index in [0.717, 1.165) is 29.7 Å². The summed E-state index contributed by atoms with van der Waals surface area (Å²) in [5, 5.41) is 20.5. The van der Waals surface area contributed by atoms with Crippen molar-refractivity contribution in [3.63, 3.8) is 0 Å². The van der Waals surface area contributed by atoms with Gasteiger partial charge in [0.05, 0.1) is 11.9 Å². The highest BCUT2D eigenvalue weighted by Crippen LogP contribution is 2.33. The number of hydrazone groups is 1. The number of rotatable bonds is 3. The second kappa shape index (κ2) is 6.24. The van der Waals surface area contributed by atoms with E-state index in [0.29, 0.717) is 11.3 Å². The molecule has 0 atom stereocenters. The zero-order chi connectivity index (χ0) is 17.2. The van der Waals surface area contributed by atoms with Gasteiger partial charge in [0.2, 0.25) is 0 Å². The molecule has 3 aromatic rings. The van der Waals surface area contributed by atoms with Crippen LogP contribution in [0.1, 0.15) is 27.2 Å². The Kier molecular flexibility index (Phi) is 3.78. The zero-order valence-corrected chi connectivity index (χ0v) is 13.4. The molecular weight excluding hydrogens is 316 g/mol. The second-order valence-electron chi connectivity index (χ2n) is 5.88. The van der Waals surface area contributed by atoms with E-state index >= 15 is 0 Å². The van der Waals surface area contributed by atoms with E-state index in [-0.39, 0.29) is 11.7 Å². The summed E-state index contributed by atoms with van der Waals surface area (Å²) in [7, 11) is 0. The first-order valence-corrected chi connectivity index (χ1v) is 8.00. The van der Waals surface area contributed by atoms with Crippen LogP contribution in [0.2, 0.25) is 0 Å². The topological polar surface area (TPSA) is 90.4 Å². The molecule has 1 aliphatic rings. The van der Waals surface area contributed by atoms with Crippen LogP contribution in [0.15, 0.2) is 53.6 Å². The van der Waals surface area contributed by atoms with Gasteiger partial charge in [0, 0.05) is 11.1 Å². The van der Waals surface area contributed by atoms with Gasteiger partial charge in [-0.2, -0.15) is 10.2 Å². The summed E-state index contributed by atoms with van der Waals surface area (Å²) in [6.07, 6.45) is 3.13. The van der Waals surface area contributed by atoms with Gasteiger partial charge < -0.3 is 5.11 Å². The number of amides is 1. The number of H-pyrrole nitrogens is 1. The first-order chi connectivity index (χ1) is 12.2. The highest BCUT2D eigenvalue weighted by molar-refractivity contribution is 5.96. The van der Waals surface area contributed by atoms with Crippen molar-refractivity contribution in [1.29, 1.82) is 0 Å². The summed E-state index contributed by atoms with van der Waals surface area (Å²) in [5.74, 6) is -0.180. The lowest BCUT2D eigenvalue weighted by Crippen LogP contribution is -2.20. The molecule has 1 aliphatic carbocycles. The molecule has 1 heterocycles. The number of fused-ring (bicyclic) bond motifs is 3. The van der Waals surface area contributed by atoms with Crippen molar-refractivity contribution in [2.75, 3.05) is 0 Å². The number of carbonyl (C=O) groups is 1. The lowest BCUT2D eigenvalue weighted by Gasteiger charge is -2.15. The van der Waals surface area contributed by atoms with Crippen LogP contribution in [0.3, 0.4) is 0 Å². The van der Waals surface area contributed by atoms with Crippen LogP contribution in [0.4, 0.5) is 0 Å². The predicted molar refractivity (Wildman–Crippen MR) is 94.6 cm³/mol. The third kappa shape index (κ3) is 2.89. The smallest absolute Gasteiger partial charge is 0.289 e. The summed E-state index contributed by atoms with van der Waals surface area (Å²) in [4.78, 5) is 12.4. The molecule has 3 N–H and O–H groups in total. The molecule has 124 valence electrons. The van der Waals surface area contributed by atoms with E-state index in [9.17, 15) is 9.90 Å². The minimum atomic E-state index is -0.329. The average Bonchev–Trinajstić information content (AvgIpc) is 3.06. The number of aromatic nitrogens is 2. The monoisotopic (exact) mass is 332 g/mol. The molecule has 6 nitrogen and oxygen atoms in total. The average molecular weight is 332 g/mol. The highest BCUT2D eigenvalue weighted by atomic mass is 16.3. The molecule has 0 saturated heterocycles. The number of nitrogens with one attached hydrogen (secondary N) is 2. The van der Waals surface area contributed by atoms with Crippen molar-refractivity contribution >= 4 is 12.1 Å². The first-order valence-electron chi connectivity index (χ1n) is 8.00. The van der Waals surface area contributed by atoms with Gasteiger partial charge in [-0.05, 0) is 36.1 Å². The van der Waals surface area contributed by atoms with Gasteiger partial charge in [-0.3, -0.25) is 9.89 Å². The molecule has 1 amide bonds. The van der Waals surface area contributed by atoms with Crippen LogP contribution < -0.4 is 5.43 Å².